The number of hydrogen-bond donors (Lipinski definition) is 1. The first kappa shape index (κ1) is 28.7. The van der Waals surface area contributed by atoms with Crippen molar-refractivity contribution < 1.29 is 23.1 Å². The van der Waals surface area contributed by atoms with Crippen LogP contribution < -0.4 is 0 Å². The molecule has 3 aromatic rings. The van der Waals surface area contributed by atoms with Crippen LogP contribution in [0.1, 0.15) is 45.9 Å². The molecule has 0 amide bonds. The first-order valence-corrected chi connectivity index (χ1v) is 15.3. The summed E-state index contributed by atoms with van der Waals surface area (Å²) in [5, 5.41) is 9.36. The highest BCUT2D eigenvalue weighted by atomic mass is 32.2. The van der Waals surface area contributed by atoms with Crippen LogP contribution in [0.25, 0.3) is 11.1 Å². The summed E-state index contributed by atoms with van der Waals surface area (Å²) in [5.41, 5.74) is 6.29. The van der Waals surface area contributed by atoms with Crippen LogP contribution in [0.5, 0.6) is 0 Å². The number of aryl methyl sites for hydroxylation is 1. The van der Waals surface area contributed by atoms with Crippen LogP contribution in [0.4, 0.5) is 0 Å². The molecule has 2 fully saturated rings. The molecule has 214 valence electrons. The maximum absolute atomic E-state index is 13.9. The second-order valence-corrected chi connectivity index (χ2v) is 12.9. The molecule has 3 atom stereocenters. The Bertz CT molecular complexity index is 1480. The van der Waals surface area contributed by atoms with Gasteiger partial charge in [0.25, 0.3) is 10.0 Å². The lowest BCUT2D eigenvalue weighted by molar-refractivity contribution is -0.0635. The summed E-state index contributed by atoms with van der Waals surface area (Å²) < 4.78 is 36.3. The van der Waals surface area contributed by atoms with Gasteiger partial charge < -0.3 is 14.4 Å². The maximum atomic E-state index is 13.9. The second kappa shape index (κ2) is 11.6. The predicted molar refractivity (Wildman–Crippen MR) is 155 cm³/mol. The zero-order chi connectivity index (χ0) is 28.6. The zero-order valence-electron chi connectivity index (χ0n) is 23.7. The number of rotatable bonds is 8. The van der Waals surface area contributed by atoms with Crippen molar-refractivity contribution in [2.45, 2.75) is 49.7 Å². The minimum atomic E-state index is -3.86. The molecule has 0 unspecified atom stereocenters. The number of nitrogens with zero attached hydrogens (tertiary/aromatic N) is 3. The quantitative estimate of drug-likeness (QED) is 0.419. The summed E-state index contributed by atoms with van der Waals surface area (Å²) in [5.74, 6) is -0.378. The maximum Gasteiger partial charge on any atom is 0.258 e. The van der Waals surface area contributed by atoms with Crippen LogP contribution in [-0.4, -0.2) is 85.1 Å². The Morgan fingerprint density at radius 2 is 1.75 bits per heavy atom. The Hall–Kier alpha value is -2.82. The van der Waals surface area contributed by atoms with Gasteiger partial charge in [0.2, 0.25) is 5.78 Å². The van der Waals surface area contributed by atoms with Gasteiger partial charge in [-0.2, -0.15) is 4.31 Å². The van der Waals surface area contributed by atoms with Gasteiger partial charge in [-0.1, -0.05) is 42.5 Å². The van der Waals surface area contributed by atoms with Crippen LogP contribution in [0.2, 0.25) is 0 Å². The number of Topliss-reactive ketones (excluding diaryl/α,β-unsaturated/α-hetero) is 1. The highest BCUT2D eigenvalue weighted by Crippen LogP contribution is 2.43. The lowest BCUT2D eigenvalue weighted by atomic mass is 9.74. The molecule has 0 saturated carbocycles. The monoisotopic (exact) mass is 565 g/mol. The molecule has 1 N–H and O–H groups in total. The van der Waals surface area contributed by atoms with Gasteiger partial charge in [-0.25, -0.2) is 8.42 Å². The van der Waals surface area contributed by atoms with Crippen molar-refractivity contribution >= 4 is 15.8 Å². The summed E-state index contributed by atoms with van der Waals surface area (Å²) in [6, 6.07) is 18.2. The summed E-state index contributed by atoms with van der Waals surface area (Å²) >= 11 is 0. The molecule has 5 rings (SSSR count). The number of aliphatic hydroxyl groups is 1. The number of carbonyl (C=O) groups excluding carboxylic acids is 1. The topological polar surface area (TPSA) is 92.1 Å². The van der Waals surface area contributed by atoms with Gasteiger partial charge in [-0.05, 0) is 73.2 Å². The number of hydrogen-bond acceptors (Lipinski definition) is 6. The smallest absolute Gasteiger partial charge is 0.258 e. The summed E-state index contributed by atoms with van der Waals surface area (Å²) in [6.45, 7) is 5.88. The van der Waals surface area contributed by atoms with Gasteiger partial charge in [0.15, 0.2) is 5.03 Å². The molecular formula is C31H39N3O5S. The van der Waals surface area contributed by atoms with Gasteiger partial charge in [-0.3, -0.25) is 9.69 Å². The zero-order valence-corrected chi connectivity index (χ0v) is 24.5. The number of ketones is 1. The van der Waals surface area contributed by atoms with E-state index in [4.69, 9.17) is 4.74 Å². The molecule has 0 radical (unpaired) electrons. The van der Waals surface area contributed by atoms with E-state index in [0.717, 1.165) is 19.4 Å². The van der Waals surface area contributed by atoms with Crippen LogP contribution in [0, 0.1) is 13.8 Å². The number of fused-ring (bicyclic) bond motifs is 1. The lowest BCUT2D eigenvalue weighted by Gasteiger charge is -2.57. The largest absolute Gasteiger partial charge is 0.388 e. The van der Waals surface area contributed by atoms with Gasteiger partial charge >= 0.3 is 0 Å². The molecule has 0 spiro atoms. The van der Waals surface area contributed by atoms with E-state index < -0.39 is 22.4 Å². The van der Waals surface area contributed by atoms with Gasteiger partial charge in [0.1, 0.15) is 6.61 Å². The van der Waals surface area contributed by atoms with E-state index in [1.165, 1.54) is 44.5 Å². The number of carbonyl (C=O) groups is 1. The summed E-state index contributed by atoms with van der Waals surface area (Å²) in [7, 11) is -0.580. The Kier molecular flexibility index (Phi) is 8.31. The van der Waals surface area contributed by atoms with Crippen molar-refractivity contribution in [3.05, 3.63) is 77.0 Å². The van der Waals surface area contributed by atoms with E-state index in [0.29, 0.717) is 19.7 Å². The molecule has 2 aliphatic rings. The molecule has 3 heterocycles. The molecule has 2 aromatic carbocycles. The third-order valence-corrected chi connectivity index (χ3v) is 10.8. The molecule has 0 aliphatic carbocycles. The van der Waals surface area contributed by atoms with Crippen molar-refractivity contribution in [2.75, 3.05) is 40.0 Å². The standard InChI is InChI=1S/C31H39N3O5S/c1-21-8-7-9-25(22(21)2)23-10-12-24(13-11-23)31-27-18-33(16-5-6-17-34(27)28(31)20-39-4)40(37,38)30-15-14-26(32(30)3)29(36)19-35/h7-15,27-28,31,35H,5-6,16-20H2,1-4H3/t27-,28+,31-/m0/s1. The Morgan fingerprint density at radius 1 is 1.02 bits per heavy atom. The Labute approximate surface area is 237 Å². The molecule has 0 bridgehead atoms. The van der Waals surface area contributed by atoms with E-state index in [1.54, 1.807) is 18.5 Å². The first-order chi connectivity index (χ1) is 19.2. The second-order valence-electron chi connectivity index (χ2n) is 11.0. The fraction of sp³-hybridized carbons (Fsp3) is 0.452. The first-order valence-electron chi connectivity index (χ1n) is 13.9. The van der Waals surface area contributed by atoms with Crippen molar-refractivity contribution in [1.82, 2.24) is 13.8 Å². The fourth-order valence-electron chi connectivity index (χ4n) is 6.47. The van der Waals surface area contributed by atoms with Gasteiger partial charge in [-0.15, -0.1) is 0 Å². The molecule has 40 heavy (non-hydrogen) atoms. The normalized spacial score (nSPS) is 22.3. The van der Waals surface area contributed by atoms with Gasteiger partial charge in [0.05, 0.1) is 12.3 Å². The van der Waals surface area contributed by atoms with E-state index in [2.05, 4.69) is 61.2 Å². The molecule has 9 heteroatoms. The SMILES string of the molecule is COC[C@@H]1[C@@H](c2ccc(-c3cccc(C)c3C)cc2)[C@@H]2CN(S(=O)(=O)c3ccc(C(=O)CO)n3C)CCCCN12. The van der Waals surface area contributed by atoms with E-state index in [1.807, 2.05) is 0 Å². The Morgan fingerprint density at radius 3 is 2.45 bits per heavy atom. The third kappa shape index (κ3) is 5.05. The molecular weight excluding hydrogens is 526 g/mol. The van der Waals surface area contributed by atoms with Crippen LogP contribution in [0.15, 0.2) is 59.6 Å². The number of ether oxygens (including phenoxy) is 1. The van der Waals surface area contributed by atoms with E-state index >= 15 is 0 Å². The highest BCUT2D eigenvalue weighted by Gasteiger charge is 2.50. The van der Waals surface area contributed by atoms with Gasteiger partial charge in [0, 0.05) is 45.2 Å². The van der Waals surface area contributed by atoms with Crippen molar-refractivity contribution in [1.29, 1.82) is 0 Å². The van der Waals surface area contributed by atoms with Crippen molar-refractivity contribution in [3.63, 3.8) is 0 Å². The number of methoxy groups -OCH3 is 1. The van der Waals surface area contributed by atoms with Crippen molar-refractivity contribution in [2.24, 2.45) is 7.05 Å². The van der Waals surface area contributed by atoms with E-state index in [9.17, 15) is 18.3 Å². The fourth-order valence-corrected chi connectivity index (χ4v) is 8.14. The van der Waals surface area contributed by atoms with Crippen LogP contribution in [0.3, 0.4) is 0 Å². The number of sulfonamides is 1. The minimum absolute atomic E-state index is 0.0144. The van der Waals surface area contributed by atoms with Crippen molar-refractivity contribution in [3.8, 4) is 11.1 Å². The third-order valence-electron chi connectivity index (χ3n) is 8.80. The number of aromatic nitrogens is 1. The van der Waals surface area contributed by atoms with Crippen LogP contribution in [-0.2, 0) is 21.8 Å². The average molecular weight is 566 g/mol. The Balaban J connectivity index is 1.45. The molecule has 2 aliphatic heterocycles. The average Bonchev–Trinajstić information content (AvgIpc) is 3.33. The number of aliphatic hydroxyl groups excluding tert-OH is 1. The van der Waals surface area contributed by atoms with E-state index in [-0.39, 0.29) is 28.7 Å². The minimum Gasteiger partial charge on any atom is -0.388 e. The highest BCUT2D eigenvalue weighted by molar-refractivity contribution is 7.89. The summed E-state index contributed by atoms with van der Waals surface area (Å²) in [4.78, 5) is 14.5. The molecule has 1 aromatic heterocycles. The molecule has 8 nitrogen and oxygen atoms in total. The summed E-state index contributed by atoms with van der Waals surface area (Å²) in [6.07, 6.45) is 1.65. The molecule has 2 saturated heterocycles. The predicted octanol–water partition coefficient (Wildman–Crippen LogP) is 3.75. The van der Waals surface area contributed by atoms with Crippen LogP contribution >= 0.6 is 0 Å². The lowest BCUT2D eigenvalue weighted by Crippen LogP contribution is -2.68. The number of benzene rings is 2.